The van der Waals surface area contributed by atoms with E-state index in [9.17, 15) is 9.59 Å². The summed E-state index contributed by atoms with van der Waals surface area (Å²) in [5, 5.41) is 3.39. The number of likely N-dealkylation sites (tertiary alicyclic amines) is 1. The number of likely N-dealkylation sites (N-methyl/N-ethyl adjacent to an activating group) is 1. The van der Waals surface area contributed by atoms with Crippen LogP contribution in [0.25, 0.3) is 0 Å². The van der Waals surface area contributed by atoms with Crippen molar-refractivity contribution in [3.63, 3.8) is 0 Å². The first kappa shape index (κ1) is 27.7. The summed E-state index contributed by atoms with van der Waals surface area (Å²) in [6.07, 6.45) is 3.82. The summed E-state index contributed by atoms with van der Waals surface area (Å²) in [7, 11) is 2.16. The molecule has 0 spiro atoms. The number of amides is 3. The van der Waals surface area contributed by atoms with Gasteiger partial charge in [0.1, 0.15) is 5.82 Å². The van der Waals surface area contributed by atoms with Crippen molar-refractivity contribution in [1.29, 1.82) is 0 Å². The molecular weight excluding hydrogens is 528 g/mol. The number of hydrogen-bond donors (Lipinski definition) is 1. The number of urea groups is 1. The van der Waals surface area contributed by atoms with Crippen LogP contribution in [0.2, 0.25) is 0 Å². The zero-order valence-corrected chi connectivity index (χ0v) is 24.4. The van der Waals surface area contributed by atoms with Crippen molar-refractivity contribution in [3.05, 3.63) is 84.1 Å². The van der Waals surface area contributed by atoms with Crippen molar-refractivity contribution in [2.45, 2.75) is 32.5 Å². The van der Waals surface area contributed by atoms with Gasteiger partial charge in [-0.15, -0.1) is 0 Å². The van der Waals surface area contributed by atoms with E-state index in [1.807, 2.05) is 41.4 Å². The molecule has 6 rings (SSSR count). The number of piperazine rings is 1. The minimum atomic E-state index is -0.189. The number of anilines is 4. The molecule has 2 fully saturated rings. The van der Waals surface area contributed by atoms with Crippen molar-refractivity contribution in [2.24, 2.45) is 0 Å². The van der Waals surface area contributed by atoms with Crippen LogP contribution in [-0.4, -0.2) is 89.0 Å². The molecule has 3 aliphatic rings. The predicted octanol–water partition coefficient (Wildman–Crippen LogP) is 4.01. The molecule has 10 heteroatoms. The standard InChI is InChI=1S/C32H38N8O2/c1-4-29(41)38-13-12-27(22-38)40-30-25(21-39(32(40)42)20-24-8-6-5-7-9-24)19-33-31(35-30)34-28-11-10-26(18-23(28)2)37-16-14-36(3)15-17-37/h4-11,18-19,27H,1,12-17,20-22H2,2-3H3,(H,33,34,35). The van der Waals surface area contributed by atoms with Gasteiger partial charge in [0.15, 0.2) is 0 Å². The number of aryl methyl sites for hydroxylation is 1. The quantitative estimate of drug-likeness (QED) is 0.433. The fraction of sp³-hybridized carbons (Fsp3) is 0.375. The molecule has 1 unspecified atom stereocenters. The average molecular weight is 567 g/mol. The number of fused-ring (bicyclic) bond motifs is 1. The molecule has 2 aromatic carbocycles. The molecule has 2 saturated heterocycles. The lowest BCUT2D eigenvalue weighted by molar-refractivity contribution is -0.125. The van der Waals surface area contributed by atoms with Crippen molar-refractivity contribution in [2.75, 3.05) is 61.4 Å². The monoisotopic (exact) mass is 566 g/mol. The van der Waals surface area contributed by atoms with Crippen LogP contribution in [0.4, 0.5) is 27.9 Å². The van der Waals surface area contributed by atoms with Crippen LogP contribution in [0, 0.1) is 6.92 Å². The fourth-order valence-corrected chi connectivity index (χ4v) is 6.00. The Morgan fingerprint density at radius 2 is 1.88 bits per heavy atom. The highest BCUT2D eigenvalue weighted by Crippen LogP contribution is 2.34. The van der Waals surface area contributed by atoms with E-state index in [4.69, 9.17) is 4.98 Å². The number of aromatic nitrogens is 2. The number of rotatable bonds is 7. The number of nitrogens with one attached hydrogen (secondary N) is 1. The van der Waals surface area contributed by atoms with Crippen LogP contribution in [0.5, 0.6) is 0 Å². The van der Waals surface area contributed by atoms with Crippen LogP contribution in [-0.2, 0) is 17.9 Å². The Morgan fingerprint density at radius 1 is 1.10 bits per heavy atom. The first-order valence-electron chi connectivity index (χ1n) is 14.6. The van der Waals surface area contributed by atoms with Crippen LogP contribution < -0.4 is 15.1 Å². The van der Waals surface area contributed by atoms with E-state index in [0.717, 1.165) is 48.6 Å². The zero-order chi connectivity index (χ0) is 29.2. The van der Waals surface area contributed by atoms with Gasteiger partial charge in [0.05, 0.1) is 12.6 Å². The molecule has 10 nitrogen and oxygen atoms in total. The predicted molar refractivity (Wildman–Crippen MR) is 165 cm³/mol. The summed E-state index contributed by atoms with van der Waals surface area (Å²) in [6.45, 7) is 11.8. The highest BCUT2D eigenvalue weighted by Gasteiger charge is 2.40. The molecule has 42 heavy (non-hydrogen) atoms. The lowest BCUT2D eigenvalue weighted by Gasteiger charge is -2.39. The number of benzene rings is 2. The van der Waals surface area contributed by atoms with Crippen molar-refractivity contribution >= 4 is 35.1 Å². The third-order valence-electron chi connectivity index (χ3n) is 8.46. The lowest BCUT2D eigenvalue weighted by Crippen LogP contribution is -2.52. The zero-order valence-electron chi connectivity index (χ0n) is 24.4. The molecule has 218 valence electrons. The Labute approximate surface area is 247 Å². The largest absolute Gasteiger partial charge is 0.369 e. The van der Waals surface area contributed by atoms with Gasteiger partial charge in [-0.3, -0.25) is 9.69 Å². The van der Waals surface area contributed by atoms with Gasteiger partial charge < -0.3 is 24.9 Å². The van der Waals surface area contributed by atoms with Gasteiger partial charge >= 0.3 is 6.03 Å². The Kier molecular flexibility index (Phi) is 7.80. The Hall–Kier alpha value is -4.44. The van der Waals surface area contributed by atoms with Gasteiger partial charge in [0.25, 0.3) is 0 Å². The van der Waals surface area contributed by atoms with Gasteiger partial charge in [-0.1, -0.05) is 36.9 Å². The van der Waals surface area contributed by atoms with E-state index in [-0.39, 0.29) is 18.0 Å². The molecule has 3 aliphatic heterocycles. The topological polar surface area (TPSA) is 88.1 Å². The van der Waals surface area contributed by atoms with E-state index in [1.54, 1.807) is 9.80 Å². The molecule has 0 bridgehead atoms. The molecule has 1 N–H and O–H groups in total. The lowest BCUT2D eigenvalue weighted by atomic mass is 10.1. The molecule has 0 saturated carbocycles. The summed E-state index contributed by atoms with van der Waals surface area (Å²) in [4.78, 5) is 46.0. The van der Waals surface area contributed by atoms with Crippen LogP contribution in [0.15, 0.2) is 67.4 Å². The molecule has 0 aliphatic carbocycles. The van der Waals surface area contributed by atoms with Gasteiger partial charge in [-0.25, -0.2) is 9.78 Å². The van der Waals surface area contributed by atoms with Crippen molar-refractivity contribution in [1.82, 2.24) is 24.7 Å². The van der Waals surface area contributed by atoms with Gasteiger partial charge in [-0.2, -0.15) is 4.98 Å². The minimum Gasteiger partial charge on any atom is -0.369 e. The summed E-state index contributed by atoms with van der Waals surface area (Å²) < 4.78 is 0. The molecular formula is C32H38N8O2. The Morgan fingerprint density at radius 3 is 2.62 bits per heavy atom. The van der Waals surface area contributed by atoms with E-state index < -0.39 is 0 Å². The third kappa shape index (κ3) is 5.67. The van der Waals surface area contributed by atoms with Crippen molar-refractivity contribution < 1.29 is 9.59 Å². The molecule has 3 aromatic rings. The number of carbonyl (C=O) groups excluding carboxylic acids is 2. The van der Waals surface area contributed by atoms with Crippen molar-refractivity contribution in [3.8, 4) is 0 Å². The van der Waals surface area contributed by atoms with E-state index >= 15 is 0 Å². The van der Waals surface area contributed by atoms with Crippen LogP contribution in [0.3, 0.4) is 0 Å². The fourth-order valence-electron chi connectivity index (χ4n) is 6.00. The maximum absolute atomic E-state index is 14.0. The van der Waals surface area contributed by atoms with Crippen LogP contribution in [0.1, 0.15) is 23.1 Å². The second-order valence-electron chi connectivity index (χ2n) is 11.4. The maximum Gasteiger partial charge on any atom is 0.326 e. The van der Waals surface area contributed by atoms with Gasteiger partial charge in [0.2, 0.25) is 11.9 Å². The average Bonchev–Trinajstić information content (AvgIpc) is 3.49. The minimum absolute atomic E-state index is 0.110. The van der Waals surface area contributed by atoms with E-state index in [1.165, 1.54) is 11.8 Å². The second-order valence-corrected chi connectivity index (χ2v) is 11.4. The Bertz CT molecular complexity index is 1470. The molecule has 3 amide bonds. The first-order valence-corrected chi connectivity index (χ1v) is 14.6. The maximum atomic E-state index is 14.0. The van der Waals surface area contributed by atoms with E-state index in [0.29, 0.717) is 44.4 Å². The molecule has 1 aromatic heterocycles. The summed E-state index contributed by atoms with van der Waals surface area (Å²) in [5.41, 5.74) is 5.18. The van der Waals surface area contributed by atoms with E-state index in [2.05, 4.69) is 58.9 Å². The summed E-state index contributed by atoms with van der Waals surface area (Å²) in [6, 6.07) is 16.1. The van der Waals surface area contributed by atoms with Gasteiger partial charge in [0, 0.05) is 68.9 Å². The second kappa shape index (κ2) is 11.8. The van der Waals surface area contributed by atoms with Crippen LogP contribution >= 0.6 is 0 Å². The first-order chi connectivity index (χ1) is 20.4. The molecule has 1 atom stereocenters. The molecule has 4 heterocycles. The number of hydrogen-bond acceptors (Lipinski definition) is 7. The SMILES string of the molecule is C=CC(=O)N1CCC(N2C(=O)N(Cc3ccccc3)Cc3cnc(Nc4ccc(N5CCN(C)CC5)cc4C)nc32)C1. The van der Waals surface area contributed by atoms with Gasteiger partial charge in [-0.05, 0) is 55.8 Å². The number of carbonyl (C=O) groups is 2. The number of nitrogens with zero attached hydrogens (tertiary/aromatic N) is 7. The highest BCUT2D eigenvalue weighted by atomic mass is 16.2. The Balaban J connectivity index is 1.26. The third-order valence-corrected chi connectivity index (χ3v) is 8.46. The normalized spacial score (nSPS) is 19.2. The summed E-state index contributed by atoms with van der Waals surface area (Å²) >= 11 is 0. The smallest absolute Gasteiger partial charge is 0.326 e. The summed E-state index contributed by atoms with van der Waals surface area (Å²) in [5.74, 6) is 0.922. The molecule has 0 radical (unpaired) electrons. The highest BCUT2D eigenvalue weighted by molar-refractivity contribution is 5.95.